The number of hydrogen-bond donors (Lipinski definition) is 4. The lowest BCUT2D eigenvalue weighted by Crippen LogP contribution is -2.40. The summed E-state index contributed by atoms with van der Waals surface area (Å²) in [5.74, 6) is -1.35. The predicted molar refractivity (Wildman–Crippen MR) is 63.7 cm³/mol. The first-order chi connectivity index (χ1) is 8.58. The number of aromatic amines is 2. The highest BCUT2D eigenvalue weighted by atomic mass is 16.3. The fraction of sp³-hybridized carbons (Fsp3) is 0.545. The number of rotatable bonds is 2. The third-order valence-corrected chi connectivity index (χ3v) is 3.09. The molecule has 1 aliphatic carbocycles. The minimum Gasteiger partial charge on any atom is -0.494 e. The second-order valence-electron chi connectivity index (χ2n) is 4.44. The molecule has 0 bridgehead atoms. The molecule has 1 fully saturated rings. The summed E-state index contributed by atoms with van der Waals surface area (Å²) < 4.78 is 0. The van der Waals surface area contributed by atoms with E-state index in [4.69, 9.17) is 0 Å². The maximum atomic E-state index is 11.9. The molecular formula is C11H15N3O4. The van der Waals surface area contributed by atoms with Gasteiger partial charge < -0.3 is 10.4 Å². The average Bonchev–Trinajstić information content (AvgIpc) is 2.28. The highest BCUT2D eigenvalue weighted by molar-refractivity contribution is 5.95. The van der Waals surface area contributed by atoms with Gasteiger partial charge in [0.2, 0.25) is 5.88 Å². The van der Waals surface area contributed by atoms with Gasteiger partial charge in [-0.05, 0) is 12.8 Å². The Hall–Kier alpha value is -2.05. The van der Waals surface area contributed by atoms with Crippen molar-refractivity contribution in [3.05, 3.63) is 26.4 Å². The van der Waals surface area contributed by atoms with Gasteiger partial charge in [0.05, 0.1) is 0 Å². The van der Waals surface area contributed by atoms with Crippen LogP contribution in [-0.2, 0) is 0 Å². The molecule has 0 radical (unpaired) electrons. The average molecular weight is 253 g/mol. The minimum absolute atomic E-state index is 0.0250. The van der Waals surface area contributed by atoms with Crippen molar-refractivity contribution in [1.29, 1.82) is 0 Å². The van der Waals surface area contributed by atoms with E-state index in [-0.39, 0.29) is 6.04 Å². The summed E-state index contributed by atoms with van der Waals surface area (Å²) in [6, 6.07) is 0.0250. The first-order valence-electron chi connectivity index (χ1n) is 5.94. The number of aromatic hydroxyl groups is 1. The number of amides is 1. The van der Waals surface area contributed by atoms with E-state index in [0.717, 1.165) is 32.1 Å². The Morgan fingerprint density at radius 2 is 1.83 bits per heavy atom. The molecule has 0 aliphatic heterocycles. The Labute approximate surface area is 102 Å². The Morgan fingerprint density at radius 1 is 1.17 bits per heavy atom. The van der Waals surface area contributed by atoms with Crippen molar-refractivity contribution in [2.24, 2.45) is 0 Å². The summed E-state index contributed by atoms with van der Waals surface area (Å²) >= 11 is 0. The van der Waals surface area contributed by atoms with Crippen LogP contribution in [-0.4, -0.2) is 27.0 Å². The van der Waals surface area contributed by atoms with E-state index < -0.39 is 28.6 Å². The van der Waals surface area contributed by atoms with E-state index in [1.54, 1.807) is 0 Å². The van der Waals surface area contributed by atoms with E-state index >= 15 is 0 Å². The SMILES string of the molecule is O=C(NC1CCCCC1)c1c(O)[nH]c(=O)[nH]c1=O. The van der Waals surface area contributed by atoms with Gasteiger partial charge in [-0.3, -0.25) is 19.6 Å². The maximum absolute atomic E-state index is 11.9. The van der Waals surface area contributed by atoms with Crippen LogP contribution in [0.2, 0.25) is 0 Å². The molecule has 0 saturated heterocycles. The number of H-pyrrole nitrogens is 2. The standard InChI is InChI=1S/C11H15N3O4/c15-8(12-6-4-2-1-3-5-6)7-9(16)13-11(18)14-10(7)17/h6H,1-5H2,(H,12,15)(H3,13,14,16,17,18). The van der Waals surface area contributed by atoms with Gasteiger partial charge >= 0.3 is 5.69 Å². The van der Waals surface area contributed by atoms with E-state index in [1.165, 1.54) is 0 Å². The number of aromatic nitrogens is 2. The fourth-order valence-corrected chi connectivity index (χ4v) is 2.19. The van der Waals surface area contributed by atoms with Gasteiger partial charge in [-0.2, -0.15) is 0 Å². The van der Waals surface area contributed by atoms with Crippen LogP contribution in [0, 0.1) is 0 Å². The van der Waals surface area contributed by atoms with Crippen molar-refractivity contribution in [3.63, 3.8) is 0 Å². The molecular weight excluding hydrogens is 238 g/mol. The third kappa shape index (κ3) is 2.61. The third-order valence-electron chi connectivity index (χ3n) is 3.09. The molecule has 1 saturated carbocycles. The fourth-order valence-electron chi connectivity index (χ4n) is 2.19. The summed E-state index contributed by atoms with van der Waals surface area (Å²) in [6.45, 7) is 0. The van der Waals surface area contributed by atoms with Gasteiger partial charge in [-0.15, -0.1) is 0 Å². The number of nitrogens with one attached hydrogen (secondary N) is 3. The monoisotopic (exact) mass is 253 g/mol. The van der Waals surface area contributed by atoms with E-state index in [0.29, 0.717) is 0 Å². The normalized spacial score (nSPS) is 16.4. The van der Waals surface area contributed by atoms with Crippen LogP contribution in [0.1, 0.15) is 42.5 Å². The zero-order chi connectivity index (χ0) is 13.1. The summed E-state index contributed by atoms with van der Waals surface area (Å²) in [5.41, 5.74) is -2.17. The van der Waals surface area contributed by atoms with Gasteiger partial charge in [0.15, 0.2) is 5.56 Å². The second kappa shape index (κ2) is 5.07. The van der Waals surface area contributed by atoms with Crippen molar-refractivity contribution < 1.29 is 9.90 Å². The lowest BCUT2D eigenvalue weighted by Gasteiger charge is -2.22. The Bertz CT molecular complexity index is 554. The van der Waals surface area contributed by atoms with Crippen LogP contribution in [0.15, 0.2) is 9.59 Å². The molecule has 7 nitrogen and oxygen atoms in total. The van der Waals surface area contributed by atoms with Crippen LogP contribution < -0.4 is 16.6 Å². The molecule has 1 aromatic rings. The van der Waals surface area contributed by atoms with Crippen molar-refractivity contribution in [3.8, 4) is 5.88 Å². The van der Waals surface area contributed by atoms with Gasteiger partial charge in [0.25, 0.3) is 11.5 Å². The van der Waals surface area contributed by atoms with Crippen LogP contribution in [0.25, 0.3) is 0 Å². The van der Waals surface area contributed by atoms with Crippen molar-refractivity contribution in [1.82, 2.24) is 15.3 Å². The van der Waals surface area contributed by atoms with Crippen molar-refractivity contribution in [2.75, 3.05) is 0 Å². The number of carbonyl (C=O) groups is 1. The molecule has 18 heavy (non-hydrogen) atoms. The minimum atomic E-state index is -0.885. The summed E-state index contributed by atoms with van der Waals surface area (Å²) in [5, 5.41) is 12.1. The summed E-state index contributed by atoms with van der Waals surface area (Å²) in [4.78, 5) is 38.1. The van der Waals surface area contributed by atoms with Gasteiger partial charge in [0.1, 0.15) is 0 Å². The molecule has 98 valence electrons. The zero-order valence-electron chi connectivity index (χ0n) is 9.78. The number of hydrogen-bond acceptors (Lipinski definition) is 4. The molecule has 4 N–H and O–H groups in total. The van der Waals surface area contributed by atoms with Gasteiger partial charge in [-0.1, -0.05) is 19.3 Å². The van der Waals surface area contributed by atoms with Gasteiger partial charge in [0, 0.05) is 6.04 Å². The highest BCUT2D eigenvalue weighted by Crippen LogP contribution is 2.18. The second-order valence-corrected chi connectivity index (χ2v) is 4.44. The molecule has 1 aromatic heterocycles. The first-order valence-corrected chi connectivity index (χ1v) is 5.94. The smallest absolute Gasteiger partial charge is 0.328 e. The van der Waals surface area contributed by atoms with Crippen LogP contribution >= 0.6 is 0 Å². The number of carbonyl (C=O) groups excluding carboxylic acids is 1. The van der Waals surface area contributed by atoms with Crippen LogP contribution in [0.5, 0.6) is 5.88 Å². The Balaban J connectivity index is 2.18. The van der Waals surface area contributed by atoms with Crippen LogP contribution in [0.4, 0.5) is 0 Å². The van der Waals surface area contributed by atoms with E-state index in [2.05, 4.69) is 5.32 Å². The quantitative estimate of drug-likeness (QED) is 0.585. The molecule has 0 spiro atoms. The molecule has 1 amide bonds. The molecule has 1 heterocycles. The predicted octanol–water partition coefficient (Wildman–Crippen LogP) is -0.169. The maximum Gasteiger partial charge on any atom is 0.328 e. The zero-order valence-corrected chi connectivity index (χ0v) is 9.78. The largest absolute Gasteiger partial charge is 0.494 e. The lowest BCUT2D eigenvalue weighted by molar-refractivity contribution is 0.0922. The lowest BCUT2D eigenvalue weighted by atomic mass is 9.95. The summed E-state index contributed by atoms with van der Waals surface area (Å²) in [6.07, 6.45) is 4.97. The topological polar surface area (TPSA) is 115 Å². The first kappa shape index (κ1) is 12.4. The highest BCUT2D eigenvalue weighted by Gasteiger charge is 2.21. The van der Waals surface area contributed by atoms with E-state index in [9.17, 15) is 19.5 Å². The molecule has 7 heteroatoms. The van der Waals surface area contributed by atoms with E-state index in [1.807, 2.05) is 9.97 Å². The van der Waals surface area contributed by atoms with Crippen LogP contribution in [0.3, 0.4) is 0 Å². The molecule has 0 aromatic carbocycles. The van der Waals surface area contributed by atoms with Crippen molar-refractivity contribution in [2.45, 2.75) is 38.1 Å². The Kier molecular flexibility index (Phi) is 3.50. The van der Waals surface area contributed by atoms with Crippen molar-refractivity contribution >= 4 is 5.91 Å². The molecule has 0 atom stereocenters. The molecule has 0 unspecified atom stereocenters. The summed E-state index contributed by atoms with van der Waals surface area (Å²) in [7, 11) is 0. The molecule has 1 aliphatic rings. The van der Waals surface area contributed by atoms with Gasteiger partial charge in [-0.25, -0.2) is 4.79 Å². The Morgan fingerprint density at radius 3 is 2.44 bits per heavy atom. The molecule has 2 rings (SSSR count).